The maximum Gasteiger partial charge on any atom is 0.191 e. The van der Waals surface area contributed by atoms with E-state index in [0.29, 0.717) is 6.04 Å². The molecule has 2 unspecified atom stereocenters. The molecule has 3 rings (SSSR count). The fourth-order valence-electron chi connectivity index (χ4n) is 4.30. The van der Waals surface area contributed by atoms with Crippen molar-refractivity contribution in [2.75, 3.05) is 53.9 Å². The largest absolute Gasteiger partial charge is 0.496 e. The molecule has 6 nitrogen and oxygen atoms in total. The molecule has 1 aromatic rings. The van der Waals surface area contributed by atoms with Crippen LogP contribution >= 0.6 is 24.0 Å². The van der Waals surface area contributed by atoms with Crippen LogP contribution in [-0.4, -0.2) is 75.7 Å². The number of hydrogen-bond donors (Lipinski definition) is 2. The summed E-state index contributed by atoms with van der Waals surface area (Å²) in [5.41, 5.74) is 1.25. The third-order valence-electron chi connectivity index (χ3n) is 5.94. The summed E-state index contributed by atoms with van der Waals surface area (Å²) in [6.45, 7) is 5.25. The number of benzene rings is 1. The Morgan fingerprint density at radius 1 is 1.18 bits per heavy atom. The van der Waals surface area contributed by atoms with Crippen LogP contribution in [0.5, 0.6) is 5.75 Å². The number of guanidine groups is 1. The molecular formula is C21H36IN5O. The molecule has 0 aliphatic carbocycles. The fraction of sp³-hybridized carbons (Fsp3) is 0.667. The Kier molecular flexibility index (Phi) is 9.81. The van der Waals surface area contributed by atoms with Gasteiger partial charge in [-0.25, -0.2) is 0 Å². The third-order valence-corrected chi connectivity index (χ3v) is 5.94. The Morgan fingerprint density at radius 3 is 2.57 bits per heavy atom. The number of nitrogens with one attached hydrogen (secondary N) is 2. The summed E-state index contributed by atoms with van der Waals surface area (Å²) in [5.74, 6) is 1.85. The second kappa shape index (κ2) is 11.8. The van der Waals surface area contributed by atoms with E-state index in [1.54, 1.807) is 7.11 Å². The van der Waals surface area contributed by atoms with E-state index in [-0.39, 0.29) is 30.0 Å². The lowest BCUT2D eigenvalue weighted by molar-refractivity contribution is 0.239. The Bertz CT molecular complexity index is 621. The zero-order chi connectivity index (χ0) is 19.1. The van der Waals surface area contributed by atoms with Gasteiger partial charge in [-0.1, -0.05) is 18.2 Å². The van der Waals surface area contributed by atoms with Crippen LogP contribution in [-0.2, 0) is 0 Å². The number of likely N-dealkylation sites (tertiary alicyclic amines) is 2. The second-order valence-electron chi connectivity index (χ2n) is 7.61. The van der Waals surface area contributed by atoms with Crippen LogP contribution in [0.4, 0.5) is 0 Å². The van der Waals surface area contributed by atoms with E-state index in [1.165, 1.54) is 37.8 Å². The number of halogens is 1. The van der Waals surface area contributed by atoms with Crippen molar-refractivity contribution in [1.82, 2.24) is 20.4 Å². The van der Waals surface area contributed by atoms with Gasteiger partial charge in [-0.05, 0) is 58.4 Å². The van der Waals surface area contributed by atoms with Crippen molar-refractivity contribution in [1.29, 1.82) is 0 Å². The van der Waals surface area contributed by atoms with Crippen molar-refractivity contribution in [3.05, 3.63) is 29.8 Å². The summed E-state index contributed by atoms with van der Waals surface area (Å²) < 4.78 is 5.64. The first kappa shape index (κ1) is 23.2. The summed E-state index contributed by atoms with van der Waals surface area (Å²) in [6.07, 6.45) is 5.09. The minimum Gasteiger partial charge on any atom is -0.496 e. The SMILES string of the molecule is CN=C(NCC1CCCN1C)NCC(c1ccccc1OC)N1CCCC1.I. The third kappa shape index (κ3) is 5.97. The summed E-state index contributed by atoms with van der Waals surface area (Å²) in [6, 6.07) is 9.27. The molecule has 0 saturated carbocycles. The van der Waals surface area contributed by atoms with Crippen molar-refractivity contribution in [3.8, 4) is 5.75 Å². The minimum atomic E-state index is 0. The molecule has 2 aliphatic rings. The quantitative estimate of drug-likeness (QED) is 0.342. The lowest BCUT2D eigenvalue weighted by Gasteiger charge is -2.30. The Balaban J connectivity index is 0.00000280. The number of para-hydroxylation sites is 1. The van der Waals surface area contributed by atoms with Crippen LogP contribution in [0.1, 0.15) is 37.3 Å². The smallest absolute Gasteiger partial charge is 0.191 e. The van der Waals surface area contributed by atoms with Gasteiger partial charge in [0.1, 0.15) is 5.75 Å². The van der Waals surface area contributed by atoms with Gasteiger partial charge in [-0.2, -0.15) is 0 Å². The van der Waals surface area contributed by atoms with E-state index >= 15 is 0 Å². The zero-order valence-electron chi connectivity index (χ0n) is 17.5. The van der Waals surface area contributed by atoms with Crippen LogP contribution in [0.3, 0.4) is 0 Å². The lowest BCUT2D eigenvalue weighted by Crippen LogP contribution is -2.46. The molecule has 2 heterocycles. The number of rotatable bonds is 7. The maximum absolute atomic E-state index is 5.64. The van der Waals surface area contributed by atoms with E-state index in [0.717, 1.165) is 37.9 Å². The van der Waals surface area contributed by atoms with Crippen molar-refractivity contribution < 1.29 is 4.74 Å². The van der Waals surface area contributed by atoms with Gasteiger partial charge >= 0.3 is 0 Å². The van der Waals surface area contributed by atoms with Gasteiger partial charge < -0.3 is 20.3 Å². The Morgan fingerprint density at radius 2 is 1.93 bits per heavy atom. The monoisotopic (exact) mass is 501 g/mol. The molecule has 158 valence electrons. The summed E-state index contributed by atoms with van der Waals surface area (Å²) in [4.78, 5) is 9.43. The van der Waals surface area contributed by atoms with Gasteiger partial charge in [0.15, 0.2) is 5.96 Å². The molecule has 2 aliphatic heterocycles. The van der Waals surface area contributed by atoms with E-state index in [1.807, 2.05) is 13.1 Å². The first-order valence-corrected chi connectivity index (χ1v) is 10.2. The van der Waals surface area contributed by atoms with Crippen molar-refractivity contribution in [2.45, 2.75) is 37.8 Å². The summed E-state index contributed by atoms with van der Waals surface area (Å²) in [7, 11) is 5.81. The first-order chi connectivity index (χ1) is 13.2. The van der Waals surface area contributed by atoms with Crippen LogP contribution in [0.15, 0.2) is 29.3 Å². The predicted octanol–water partition coefficient (Wildman–Crippen LogP) is 2.71. The van der Waals surface area contributed by atoms with E-state index in [2.05, 4.69) is 50.7 Å². The van der Waals surface area contributed by atoms with Gasteiger partial charge in [-0.15, -0.1) is 24.0 Å². The van der Waals surface area contributed by atoms with Gasteiger partial charge in [-0.3, -0.25) is 9.89 Å². The molecule has 0 spiro atoms. The standard InChI is InChI=1S/C21H35N5O.HI/c1-22-21(23-15-17-9-8-12-25(17)2)24-16-19(26-13-6-7-14-26)18-10-4-5-11-20(18)27-3;/h4-5,10-11,17,19H,6-9,12-16H2,1-3H3,(H2,22,23,24);1H. The number of hydrogen-bond acceptors (Lipinski definition) is 4. The highest BCUT2D eigenvalue weighted by molar-refractivity contribution is 14.0. The highest BCUT2D eigenvalue weighted by atomic mass is 127. The van der Waals surface area contributed by atoms with Crippen LogP contribution in [0.25, 0.3) is 0 Å². The average molecular weight is 501 g/mol. The van der Waals surface area contributed by atoms with Crippen molar-refractivity contribution in [2.24, 2.45) is 4.99 Å². The number of likely N-dealkylation sites (N-methyl/N-ethyl adjacent to an activating group) is 1. The molecule has 2 fully saturated rings. The van der Waals surface area contributed by atoms with E-state index in [4.69, 9.17) is 4.74 Å². The fourth-order valence-corrected chi connectivity index (χ4v) is 4.30. The normalized spacial score (nSPS) is 22.0. The van der Waals surface area contributed by atoms with Gasteiger partial charge in [0.25, 0.3) is 0 Å². The van der Waals surface area contributed by atoms with Gasteiger partial charge in [0.05, 0.1) is 13.2 Å². The Hall–Kier alpha value is -1.06. The van der Waals surface area contributed by atoms with Crippen molar-refractivity contribution in [3.63, 3.8) is 0 Å². The maximum atomic E-state index is 5.64. The molecule has 2 saturated heterocycles. The first-order valence-electron chi connectivity index (χ1n) is 10.2. The molecule has 7 heteroatoms. The van der Waals surface area contributed by atoms with Crippen LogP contribution in [0.2, 0.25) is 0 Å². The van der Waals surface area contributed by atoms with Crippen LogP contribution in [0, 0.1) is 0 Å². The van der Waals surface area contributed by atoms with Gasteiger partial charge in [0.2, 0.25) is 0 Å². The zero-order valence-corrected chi connectivity index (χ0v) is 19.8. The molecular weight excluding hydrogens is 465 g/mol. The summed E-state index contributed by atoms with van der Waals surface area (Å²) >= 11 is 0. The molecule has 0 aromatic heterocycles. The second-order valence-corrected chi connectivity index (χ2v) is 7.61. The molecule has 0 radical (unpaired) electrons. The molecule has 2 N–H and O–H groups in total. The molecule has 0 amide bonds. The lowest BCUT2D eigenvalue weighted by atomic mass is 10.0. The number of methoxy groups -OCH3 is 1. The molecule has 1 aromatic carbocycles. The number of nitrogens with zero attached hydrogens (tertiary/aromatic N) is 3. The number of ether oxygens (including phenoxy) is 1. The number of aliphatic imine (C=N–C) groups is 1. The average Bonchev–Trinajstić information content (AvgIpc) is 3.37. The highest BCUT2D eigenvalue weighted by Gasteiger charge is 2.26. The topological polar surface area (TPSA) is 52.1 Å². The van der Waals surface area contributed by atoms with Crippen LogP contribution < -0.4 is 15.4 Å². The molecule has 28 heavy (non-hydrogen) atoms. The molecule has 0 bridgehead atoms. The minimum absolute atomic E-state index is 0. The molecule has 2 atom stereocenters. The van der Waals surface area contributed by atoms with E-state index < -0.39 is 0 Å². The summed E-state index contributed by atoms with van der Waals surface area (Å²) in [5, 5.41) is 7.07. The van der Waals surface area contributed by atoms with Gasteiger partial charge in [0, 0.05) is 31.7 Å². The Labute approximate surface area is 187 Å². The highest BCUT2D eigenvalue weighted by Crippen LogP contribution is 2.31. The van der Waals surface area contributed by atoms with Crippen molar-refractivity contribution >= 4 is 29.9 Å². The van der Waals surface area contributed by atoms with E-state index in [9.17, 15) is 0 Å². The predicted molar refractivity (Wildman–Crippen MR) is 127 cm³/mol.